The van der Waals surface area contributed by atoms with Gasteiger partial charge in [-0.15, -0.1) is 0 Å². The van der Waals surface area contributed by atoms with Gasteiger partial charge in [-0.3, -0.25) is 4.90 Å². The standard InChI is InChI=1S/C19H22N6O/c1-2-6-17-16(5-1)22-15-18(23-17)26-14-4-9-24-10-12-25(13-11-24)19-20-7-3-8-21-19/h1-3,5-8,15H,4,9-14H2. The van der Waals surface area contributed by atoms with Crippen LogP contribution in [0.5, 0.6) is 5.88 Å². The molecule has 134 valence electrons. The molecule has 0 saturated carbocycles. The average molecular weight is 350 g/mol. The van der Waals surface area contributed by atoms with Crippen LogP contribution in [-0.2, 0) is 0 Å². The minimum absolute atomic E-state index is 0.592. The Morgan fingerprint density at radius 2 is 1.65 bits per heavy atom. The van der Waals surface area contributed by atoms with E-state index in [0.29, 0.717) is 12.5 Å². The summed E-state index contributed by atoms with van der Waals surface area (Å²) in [7, 11) is 0. The van der Waals surface area contributed by atoms with Crippen molar-refractivity contribution in [2.45, 2.75) is 6.42 Å². The lowest BCUT2D eigenvalue weighted by molar-refractivity contribution is 0.221. The van der Waals surface area contributed by atoms with Gasteiger partial charge in [0, 0.05) is 45.1 Å². The molecular weight excluding hydrogens is 328 g/mol. The van der Waals surface area contributed by atoms with Gasteiger partial charge in [-0.05, 0) is 24.6 Å². The van der Waals surface area contributed by atoms with Crippen LogP contribution in [0.1, 0.15) is 6.42 Å². The lowest BCUT2D eigenvalue weighted by atomic mass is 10.3. The molecule has 0 amide bonds. The monoisotopic (exact) mass is 350 g/mol. The van der Waals surface area contributed by atoms with Crippen molar-refractivity contribution in [1.29, 1.82) is 0 Å². The van der Waals surface area contributed by atoms with Crippen LogP contribution in [0.15, 0.2) is 48.9 Å². The van der Waals surface area contributed by atoms with E-state index in [1.807, 2.05) is 30.3 Å². The molecule has 26 heavy (non-hydrogen) atoms. The number of nitrogens with zero attached hydrogens (tertiary/aromatic N) is 6. The Morgan fingerprint density at radius 1 is 0.885 bits per heavy atom. The summed E-state index contributed by atoms with van der Waals surface area (Å²) in [5.41, 5.74) is 1.75. The van der Waals surface area contributed by atoms with Crippen LogP contribution in [0, 0.1) is 0 Å². The Balaban J connectivity index is 1.19. The van der Waals surface area contributed by atoms with Crippen LogP contribution in [0.4, 0.5) is 5.95 Å². The third-order valence-electron chi connectivity index (χ3n) is 4.50. The Hall–Kier alpha value is -2.80. The van der Waals surface area contributed by atoms with Crippen molar-refractivity contribution in [3.63, 3.8) is 0 Å². The summed E-state index contributed by atoms with van der Waals surface area (Å²) in [5, 5.41) is 0. The molecule has 1 aliphatic heterocycles. The number of hydrogen-bond donors (Lipinski definition) is 0. The molecule has 0 bridgehead atoms. The minimum Gasteiger partial charge on any atom is -0.477 e. The second-order valence-electron chi connectivity index (χ2n) is 6.28. The molecule has 2 aromatic heterocycles. The van der Waals surface area contributed by atoms with Gasteiger partial charge in [-0.25, -0.2) is 19.9 Å². The molecule has 3 aromatic rings. The lowest BCUT2D eigenvalue weighted by Gasteiger charge is -2.34. The maximum atomic E-state index is 5.76. The number of para-hydroxylation sites is 2. The summed E-state index contributed by atoms with van der Waals surface area (Å²) >= 11 is 0. The zero-order chi connectivity index (χ0) is 17.6. The van der Waals surface area contributed by atoms with Crippen molar-refractivity contribution >= 4 is 17.0 Å². The van der Waals surface area contributed by atoms with E-state index in [2.05, 4.69) is 29.7 Å². The molecular formula is C19H22N6O. The van der Waals surface area contributed by atoms with Gasteiger partial charge in [0.2, 0.25) is 11.8 Å². The van der Waals surface area contributed by atoms with Crippen molar-refractivity contribution in [2.24, 2.45) is 0 Å². The van der Waals surface area contributed by atoms with Gasteiger partial charge < -0.3 is 9.64 Å². The van der Waals surface area contributed by atoms with Crippen molar-refractivity contribution in [3.05, 3.63) is 48.9 Å². The van der Waals surface area contributed by atoms with Gasteiger partial charge in [0.05, 0.1) is 23.8 Å². The number of ether oxygens (including phenoxy) is 1. The first-order chi connectivity index (χ1) is 12.9. The normalized spacial score (nSPS) is 15.3. The van der Waals surface area contributed by atoms with Gasteiger partial charge in [-0.1, -0.05) is 12.1 Å². The molecule has 0 N–H and O–H groups in total. The van der Waals surface area contributed by atoms with Crippen LogP contribution in [0.25, 0.3) is 11.0 Å². The first kappa shape index (κ1) is 16.7. The van der Waals surface area contributed by atoms with Crippen LogP contribution in [-0.4, -0.2) is 64.2 Å². The molecule has 0 aliphatic carbocycles. The molecule has 1 aliphatic rings. The second kappa shape index (κ2) is 8.05. The number of rotatable bonds is 6. The number of piperazine rings is 1. The Kier molecular flexibility index (Phi) is 5.16. The molecule has 1 aromatic carbocycles. The van der Waals surface area contributed by atoms with E-state index in [1.165, 1.54) is 0 Å². The van der Waals surface area contributed by atoms with E-state index in [4.69, 9.17) is 4.74 Å². The van der Waals surface area contributed by atoms with Gasteiger partial charge in [0.1, 0.15) is 0 Å². The van der Waals surface area contributed by atoms with Crippen LogP contribution >= 0.6 is 0 Å². The summed E-state index contributed by atoms with van der Waals surface area (Å²) < 4.78 is 5.76. The van der Waals surface area contributed by atoms with Crippen molar-refractivity contribution < 1.29 is 4.74 Å². The molecule has 0 spiro atoms. The summed E-state index contributed by atoms with van der Waals surface area (Å²) in [6.45, 7) is 5.63. The number of benzene rings is 1. The molecule has 1 fully saturated rings. The van der Waals surface area contributed by atoms with E-state index in [1.54, 1.807) is 18.6 Å². The highest BCUT2D eigenvalue weighted by molar-refractivity contribution is 5.73. The smallest absolute Gasteiger partial charge is 0.232 e. The van der Waals surface area contributed by atoms with Gasteiger partial charge in [0.25, 0.3) is 0 Å². The maximum Gasteiger partial charge on any atom is 0.232 e. The zero-order valence-corrected chi connectivity index (χ0v) is 14.7. The lowest BCUT2D eigenvalue weighted by Crippen LogP contribution is -2.47. The van der Waals surface area contributed by atoms with Gasteiger partial charge >= 0.3 is 0 Å². The highest BCUT2D eigenvalue weighted by atomic mass is 16.5. The fourth-order valence-electron chi connectivity index (χ4n) is 3.10. The SMILES string of the molecule is c1cnc(N2CCN(CCCOc3cnc4ccccc4n3)CC2)nc1. The molecule has 7 nitrogen and oxygen atoms in total. The fraction of sp³-hybridized carbons (Fsp3) is 0.368. The number of aromatic nitrogens is 4. The first-order valence-electron chi connectivity index (χ1n) is 8.97. The largest absolute Gasteiger partial charge is 0.477 e. The number of fused-ring (bicyclic) bond motifs is 1. The van der Waals surface area contributed by atoms with Gasteiger partial charge in [0.15, 0.2) is 0 Å². The topological polar surface area (TPSA) is 67.3 Å². The Labute approximate surface area is 152 Å². The zero-order valence-electron chi connectivity index (χ0n) is 14.7. The fourth-order valence-corrected chi connectivity index (χ4v) is 3.10. The molecule has 4 rings (SSSR count). The van der Waals surface area contributed by atoms with Crippen molar-refractivity contribution in [2.75, 3.05) is 44.2 Å². The second-order valence-corrected chi connectivity index (χ2v) is 6.28. The van der Waals surface area contributed by atoms with Crippen LogP contribution in [0.2, 0.25) is 0 Å². The summed E-state index contributed by atoms with van der Waals surface area (Å²) in [4.78, 5) is 22.2. The van der Waals surface area contributed by atoms with E-state index in [9.17, 15) is 0 Å². The third-order valence-corrected chi connectivity index (χ3v) is 4.50. The molecule has 0 atom stereocenters. The highest BCUT2D eigenvalue weighted by Gasteiger charge is 2.18. The maximum absolute atomic E-state index is 5.76. The predicted molar refractivity (Wildman–Crippen MR) is 100 cm³/mol. The van der Waals surface area contributed by atoms with E-state index >= 15 is 0 Å². The third kappa shape index (κ3) is 4.05. The average Bonchev–Trinajstić information content (AvgIpc) is 2.72. The Bertz CT molecular complexity index is 836. The van der Waals surface area contributed by atoms with Crippen LogP contribution < -0.4 is 9.64 Å². The quantitative estimate of drug-likeness (QED) is 0.630. The molecule has 1 saturated heterocycles. The van der Waals surface area contributed by atoms with Crippen molar-refractivity contribution in [3.8, 4) is 5.88 Å². The highest BCUT2D eigenvalue weighted by Crippen LogP contribution is 2.13. The number of hydrogen-bond acceptors (Lipinski definition) is 7. The summed E-state index contributed by atoms with van der Waals surface area (Å²) in [6, 6.07) is 9.67. The molecule has 7 heteroatoms. The summed E-state index contributed by atoms with van der Waals surface area (Å²) in [5.74, 6) is 1.42. The number of anilines is 1. The van der Waals surface area contributed by atoms with Gasteiger partial charge in [-0.2, -0.15) is 0 Å². The molecule has 3 heterocycles. The Morgan fingerprint density at radius 3 is 2.46 bits per heavy atom. The van der Waals surface area contributed by atoms with E-state index in [0.717, 1.165) is 56.1 Å². The minimum atomic E-state index is 0.592. The van der Waals surface area contributed by atoms with Crippen LogP contribution in [0.3, 0.4) is 0 Å². The molecule has 0 unspecified atom stereocenters. The van der Waals surface area contributed by atoms with Crippen molar-refractivity contribution in [1.82, 2.24) is 24.8 Å². The van der Waals surface area contributed by atoms with E-state index in [-0.39, 0.29) is 0 Å². The summed E-state index contributed by atoms with van der Waals surface area (Å²) in [6.07, 6.45) is 6.25. The first-order valence-corrected chi connectivity index (χ1v) is 8.97. The van der Waals surface area contributed by atoms with E-state index < -0.39 is 0 Å². The predicted octanol–water partition coefficient (Wildman–Crippen LogP) is 2.01. The molecule has 0 radical (unpaired) electrons.